The van der Waals surface area contributed by atoms with Gasteiger partial charge in [-0.1, -0.05) is 0 Å². The zero-order valence-corrected chi connectivity index (χ0v) is 5.17. The van der Waals surface area contributed by atoms with Crippen molar-refractivity contribution in [3.05, 3.63) is 0 Å². The predicted molar refractivity (Wildman–Crippen MR) is 30.7 cm³/mol. The molecule has 1 unspecified atom stereocenters. The van der Waals surface area contributed by atoms with Crippen molar-refractivity contribution in [2.75, 3.05) is 13.3 Å². The second-order valence-electron chi connectivity index (χ2n) is 2.55. The lowest BCUT2D eigenvalue weighted by atomic mass is 9.99. The third-order valence-corrected chi connectivity index (χ3v) is 2.00. The molecule has 2 aliphatic heterocycles. The molecular weight excluding hydrogens is 118 g/mol. The predicted octanol–water partition coefficient (Wildman–Crippen LogP) is -0.0349. The molecule has 0 saturated carbocycles. The van der Waals surface area contributed by atoms with Crippen LogP contribution < -0.4 is 0 Å². The Hall–Kier alpha value is -0.570. The summed E-state index contributed by atoms with van der Waals surface area (Å²) in [6.07, 6.45) is 1.79. The third kappa shape index (κ3) is 0.645. The number of carbonyl (C=O) groups is 1. The standard InChI is InChI=1S/C6H9NO2/c8-6-3-5-1-2-9-4-7(5)6/h5H,1-4H2. The first kappa shape index (κ1) is 5.23. The molecule has 0 aromatic carbocycles. The number of β-lactam (4-membered cyclic amide) rings is 1. The number of carbonyl (C=O) groups excluding carboxylic acids is 1. The van der Waals surface area contributed by atoms with Crippen molar-refractivity contribution >= 4 is 5.91 Å². The average Bonchev–Trinajstić information content (AvgIpc) is 1.86. The summed E-state index contributed by atoms with van der Waals surface area (Å²) in [6, 6.07) is 0.520. The molecular formula is C6H9NO2. The summed E-state index contributed by atoms with van der Waals surface area (Å²) in [4.78, 5) is 12.5. The summed E-state index contributed by atoms with van der Waals surface area (Å²) in [5, 5.41) is 0. The number of ether oxygens (including phenoxy) is 1. The van der Waals surface area contributed by atoms with E-state index < -0.39 is 0 Å². The Morgan fingerprint density at radius 2 is 2.56 bits per heavy atom. The molecule has 1 amide bonds. The summed E-state index contributed by atoms with van der Waals surface area (Å²) in [6.45, 7) is 1.36. The molecule has 0 N–H and O–H groups in total. The van der Waals surface area contributed by atoms with Crippen molar-refractivity contribution in [1.29, 1.82) is 0 Å². The van der Waals surface area contributed by atoms with Gasteiger partial charge in [-0.05, 0) is 6.42 Å². The van der Waals surface area contributed by atoms with Crippen molar-refractivity contribution in [3.8, 4) is 0 Å². The van der Waals surface area contributed by atoms with Crippen LogP contribution in [0.25, 0.3) is 0 Å². The van der Waals surface area contributed by atoms with E-state index >= 15 is 0 Å². The molecule has 0 radical (unpaired) electrons. The van der Waals surface area contributed by atoms with E-state index in [0.29, 0.717) is 12.8 Å². The van der Waals surface area contributed by atoms with Crippen molar-refractivity contribution in [2.24, 2.45) is 0 Å². The van der Waals surface area contributed by atoms with Gasteiger partial charge in [0.1, 0.15) is 6.73 Å². The van der Waals surface area contributed by atoms with Gasteiger partial charge in [0.15, 0.2) is 0 Å². The van der Waals surface area contributed by atoms with Gasteiger partial charge in [-0.15, -0.1) is 0 Å². The fourth-order valence-corrected chi connectivity index (χ4v) is 1.34. The zero-order valence-electron chi connectivity index (χ0n) is 5.17. The summed E-state index contributed by atoms with van der Waals surface area (Å²) in [5.41, 5.74) is 0. The Bertz CT molecular complexity index is 146. The monoisotopic (exact) mass is 127 g/mol. The van der Waals surface area contributed by atoms with Crippen LogP contribution in [0.2, 0.25) is 0 Å². The Morgan fingerprint density at radius 1 is 1.67 bits per heavy atom. The van der Waals surface area contributed by atoms with Gasteiger partial charge in [0.05, 0.1) is 6.61 Å². The molecule has 2 heterocycles. The van der Waals surface area contributed by atoms with Crippen LogP contribution in [-0.4, -0.2) is 30.2 Å². The lowest BCUT2D eigenvalue weighted by Gasteiger charge is -2.43. The van der Waals surface area contributed by atoms with Crippen LogP contribution in [0, 0.1) is 0 Å². The number of amides is 1. The summed E-state index contributed by atoms with van der Waals surface area (Å²) < 4.78 is 5.08. The van der Waals surface area contributed by atoms with E-state index in [4.69, 9.17) is 4.74 Å². The molecule has 50 valence electrons. The minimum Gasteiger partial charge on any atom is -0.361 e. The second-order valence-corrected chi connectivity index (χ2v) is 2.55. The van der Waals surface area contributed by atoms with Crippen LogP contribution >= 0.6 is 0 Å². The quantitative estimate of drug-likeness (QED) is 0.427. The number of fused-ring (bicyclic) bond motifs is 1. The normalized spacial score (nSPS) is 33.6. The molecule has 3 heteroatoms. The van der Waals surface area contributed by atoms with E-state index in [1.54, 1.807) is 4.90 Å². The molecule has 3 nitrogen and oxygen atoms in total. The van der Waals surface area contributed by atoms with Crippen LogP contribution in [0.3, 0.4) is 0 Å². The zero-order chi connectivity index (χ0) is 6.27. The molecule has 2 aliphatic rings. The van der Waals surface area contributed by atoms with Gasteiger partial charge in [0.2, 0.25) is 5.91 Å². The highest BCUT2D eigenvalue weighted by Gasteiger charge is 2.37. The number of rotatable bonds is 0. The molecule has 0 spiro atoms. The van der Waals surface area contributed by atoms with E-state index in [2.05, 4.69) is 0 Å². The van der Waals surface area contributed by atoms with Gasteiger partial charge in [0, 0.05) is 12.5 Å². The van der Waals surface area contributed by atoms with Crippen LogP contribution in [-0.2, 0) is 9.53 Å². The third-order valence-electron chi connectivity index (χ3n) is 2.00. The van der Waals surface area contributed by atoms with Crippen molar-refractivity contribution in [3.63, 3.8) is 0 Å². The van der Waals surface area contributed by atoms with Gasteiger partial charge in [0.25, 0.3) is 0 Å². The van der Waals surface area contributed by atoms with E-state index in [1.165, 1.54) is 0 Å². The van der Waals surface area contributed by atoms with Crippen molar-refractivity contribution < 1.29 is 9.53 Å². The van der Waals surface area contributed by atoms with E-state index in [0.717, 1.165) is 19.4 Å². The Labute approximate surface area is 53.6 Å². The van der Waals surface area contributed by atoms with E-state index in [1.807, 2.05) is 0 Å². The van der Waals surface area contributed by atoms with Crippen LogP contribution in [0.15, 0.2) is 0 Å². The van der Waals surface area contributed by atoms with Crippen molar-refractivity contribution in [1.82, 2.24) is 4.90 Å². The molecule has 0 aliphatic carbocycles. The van der Waals surface area contributed by atoms with Crippen LogP contribution in [0.1, 0.15) is 12.8 Å². The lowest BCUT2D eigenvalue weighted by molar-refractivity contribution is -0.165. The number of hydrogen-bond donors (Lipinski definition) is 0. The lowest BCUT2D eigenvalue weighted by Crippen LogP contribution is -2.56. The van der Waals surface area contributed by atoms with Crippen LogP contribution in [0.4, 0.5) is 0 Å². The van der Waals surface area contributed by atoms with Gasteiger partial charge in [-0.2, -0.15) is 0 Å². The van der Waals surface area contributed by atoms with Gasteiger partial charge in [-0.3, -0.25) is 4.79 Å². The van der Waals surface area contributed by atoms with Crippen LogP contribution in [0.5, 0.6) is 0 Å². The molecule has 0 aromatic rings. The van der Waals surface area contributed by atoms with Gasteiger partial charge in [-0.25, -0.2) is 0 Å². The minimum atomic E-state index is 0.250. The Kier molecular flexibility index (Phi) is 0.990. The van der Waals surface area contributed by atoms with Crippen molar-refractivity contribution in [2.45, 2.75) is 18.9 Å². The maximum atomic E-state index is 10.7. The highest BCUT2D eigenvalue weighted by Crippen LogP contribution is 2.24. The highest BCUT2D eigenvalue weighted by atomic mass is 16.5. The molecule has 0 aromatic heterocycles. The molecule has 2 rings (SSSR count). The smallest absolute Gasteiger partial charge is 0.226 e. The average molecular weight is 127 g/mol. The molecule has 2 saturated heterocycles. The first-order chi connectivity index (χ1) is 4.38. The fourth-order valence-electron chi connectivity index (χ4n) is 1.34. The molecule has 2 fully saturated rings. The first-order valence-corrected chi connectivity index (χ1v) is 3.25. The van der Waals surface area contributed by atoms with E-state index in [9.17, 15) is 4.79 Å². The molecule has 1 atom stereocenters. The first-order valence-electron chi connectivity index (χ1n) is 3.25. The second kappa shape index (κ2) is 1.70. The highest BCUT2D eigenvalue weighted by molar-refractivity contribution is 5.83. The molecule has 9 heavy (non-hydrogen) atoms. The van der Waals surface area contributed by atoms with Gasteiger partial charge < -0.3 is 9.64 Å². The number of nitrogens with zero attached hydrogens (tertiary/aromatic N) is 1. The fraction of sp³-hybridized carbons (Fsp3) is 0.833. The SMILES string of the molecule is O=C1CC2CCOCN12. The summed E-state index contributed by atoms with van der Waals surface area (Å²) in [7, 11) is 0. The molecule has 0 bridgehead atoms. The Morgan fingerprint density at radius 3 is 3.11 bits per heavy atom. The maximum absolute atomic E-state index is 10.7. The summed E-state index contributed by atoms with van der Waals surface area (Å²) in [5.74, 6) is 0.250. The van der Waals surface area contributed by atoms with Gasteiger partial charge >= 0.3 is 0 Å². The largest absolute Gasteiger partial charge is 0.361 e. The topological polar surface area (TPSA) is 29.5 Å². The minimum absolute atomic E-state index is 0.250. The van der Waals surface area contributed by atoms with E-state index in [-0.39, 0.29) is 5.91 Å². The maximum Gasteiger partial charge on any atom is 0.226 e. The summed E-state index contributed by atoms with van der Waals surface area (Å²) >= 11 is 0. The number of hydrogen-bond acceptors (Lipinski definition) is 2. The Balaban J connectivity index is 2.01.